The number of benzene rings is 3. The largest absolute Gasteiger partial charge is 0.497 e. The Morgan fingerprint density at radius 3 is 2.46 bits per heavy atom. The van der Waals surface area contributed by atoms with Gasteiger partial charge in [-0.05, 0) is 49.7 Å². The van der Waals surface area contributed by atoms with Gasteiger partial charge in [-0.3, -0.25) is 9.59 Å². The zero-order valence-corrected chi connectivity index (χ0v) is 19.6. The highest BCUT2D eigenvalue weighted by Crippen LogP contribution is 2.37. The van der Waals surface area contributed by atoms with Crippen molar-refractivity contribution in [3.05, 3.63) is 90.0 Å². The van der Waals surface area contributed by atoms with Crippen LogP contribution in [0.5, 0.6) is 5.75 Å². The van der Waals surface area contributed by atoms with Gasteiger partial charge >= 0.3 is 0 Å². The first kappa shape index (κ1) is 22.4. The lowest BCUT2D eigenvalue weighted by atomic mass is 9.90. The molecule has 7 nitrogen and oxygen atoms in total. The maximum atomic E-state index is 13.1. The molecule has 1 atom stereocenters. The van der Waals surface area contributed by atoms with Crippen LogP contribution in [0.2, 0.25) is 0 Å². The molecule has 176 valence electrons. The van der Waals surface area contributed by atoms with Crippen LogP contribution in [0, 0.1) is 12.8 Å². The summed E-state index contributed by atoms with van der Waals surface area (Å²) < 4.78 is 6.94. The van der Waals surface area contributed by atoms with Crippen LogP contribution in [0.3, 0.4) is 0 Å². The minimum absolute atomic E-state index is 0.0707. The molecule has 1 aliphatic rings. The smallest absolute Gasteiger partial charge is 0.229 e. The summed E-state index contributed by atoms with van der Waals surface area (Å²) in [6, 6.07) is 25.0. The van der Waals surface area contributed by atoms with Crippen molar-refractivity contribution in [2.45, 2.75) is 19.8 Å². The van der Waals surface area contributed by atoms with Crippen LogP contribution in [-0.4, -0.2) is 28.7 Å². The van der Waals surface area contributed by atoms with E-state index in [0.29, 0.717) is 23.7 Å². The summed E-state index contributed by atoms with van der Waals surface area (Å²) in [5, 5.41) is 10.8. The number of hydrogen-bond donors (Lipinski definition) is 2. The number of carbonyl (C=O) groups is 2. The summed E-state index contributed by atoms with van der Waals surface area (Å²) in [5.74, 6) is 0.464. The highest BCUT2D eigenvalue weighted by atomic mass is 16.5. The Morgan fingerprint density at radius 2 is 1.77 bits per heavy atom. The number of rotatable bonds is 6. The lowest BCUT2D eigenvalue weighted by molar-refractivity contribution is -0.125. The maximum Gasteiger partial charge on any atom is 0.229 e. The van der Waals surface area contributed by atoms with E-state index in [2.05, 4.69) is 10.6 Å². The summed E-state index contributed by atoms with van der Waals surface area (Å²) in [5.41, 5.74) is 5.37. The van der Waals surface area contributed by atoms with Crippen LogP contribution in [0.1, 0.15) is 17.5 Å². The van der Waals surface area contributed by atoms with Crippen molar-refractivity contribution in [3.63, 3.8) is 0 Å². The van der Waals surface area contributed by atoms with Crippen molar-refractivity contribution in [2.75, 3.05) is 17.7 Å². The van der Waals surface area contributed by atoms with E-state index in [1.807, 2.05) is 61.5 Å². The number of aromatic nitrogens is 2. The van der Waals surface area contributed by atoms with Gasteiger partial charge in [0.05, 0.1) is 24.4 Å². The second-order valence-corrected chi connectivity index (χ2v) is 8.66. The minimum Gasteiger partial charge on any atom is -0.497 e. The van der Waals surface area contributed by atoms with Gasteiger partial charge in [0.25, 0.3) is 0 Å². The Bertz CT molecular complexity index is 1360. The van der Waals surface area contributed by atoms with E-state index in [1.54, 1.807) is 36.1 Å². The van der Waals surface area contributed by atoms with Gasteiger partial charge in [0.1, 0.15) is 11.6 Å². The van der Waals surface area contributed by atoms with Crippen molar-refractivity contribution >= 4 is 23.3 Å². The number of aryl methyl sites for hydroxylation is 1. The third-order valence-electron chi connectivity index (χ3n) is 6.18. The fourth-order valence-corrected chi connectivity index (χ4v) is 4.31. The Hall–Kier alpha value is -4.39. The molecule has 2 heterocycles. The van der Waals surface area contributed by atoms with E-state index in [4.69, 9.17) is 9.84 Å². The molecule has 3 aromatic carbocycles. The summed E-state index contributed by atoms with van der Waals surface area (Å²) in [6.07, 6.45) is 0.495. The molecule has 0 saturated carbocycles. The van der Waals surface area contributed by atoms with Crippen LogP contribution in [-0.2, 0) is 16.0 Å². The van der Waals surface area contributed by atoms with Gasteiger partial charge in [-0.2, -0.15) is 5.10 Å². The van der Waals surface area contributed by atoms with Crippen molar-refractivity contribution in [2.24, 2.45) is 5.92 Å². The standard InChI is InChI=1S/C28H26N4O3/c1-18-8-12-22(13-9-18)32-27-24(26(31-32)19-6-4-3-5-7-19)16-20(28(34)30-27)17-25(33)29-21-10-14-23(35-2)15-11-21/h3-15,20H,16-17H2,1-2H3,(H,29,33)(H,30,34). The van der Waals surface area contributed by atoms with E-state index in [1.165, 1.54) is 0 Å². The van der Waals surface area contributed by atoms with Crippen molar-refractivity contribution < 1.29 is 14.3 Å². The molecule has 0 aliphatic carbocycles. The Morgan fingerprint density at radius 1 is 1.06 bits per heavy atom. The Balaban J connectivity index is 1.43. The number of nitrogens with zero attached hydrogens (tertiary/aromatic N) is 2. The molecular weight excluding hydrogens is 440 g/mol. The topological polar surface area (TPSA) is 85.2 Å². The first-order chi connectivity index (χ1) is 17.0. The highest BCUT2D eigenvalue weighted by molar-refractivity contribution is 6.01. The summed E-state index contributed by atoms with van der Waals surface area (Å²) in [4.78, 5) is 25.8. The normalized spacial score (nSPS) is 14.7. The monoisotopic (exact) mass is 466 g/mol. The summed E-state index contributed by atoms with van der Waals surface area (Å²) in [6.45, 7) is 2.03. The molecule has 1 unspecified atom stereocenters. The molecule has 0 bridgehead atoms. The van der Waals surface area contributed by atoms with Crippen LogP contribution < -0.4 is 15.4 Å². The summed E-state index contributed by atoms with van der Waals surface area (Å²) >= 11 is 0. The zero-order chi connectivity index (χ0) is 24.4. The number of fused-ring (bicyclic) bond motifs is 1. The molecule has 1 aromatic heterocycles. The van der Waals surface area contributed by atoms with Crippen molar-refractivity contribution in [3.8, 4) is 22.7 Å². The first-order valence-corrected chi connectivity index (χ1v) is 11.5. The van der Waals surface area contributed by atoms with Crippen LogP contribution >= 0.6 is 0 Å². The number of methoxy groups -OCH3 is 1. The fraction of sp³-hybridized carbons (Fsp3) is 0.179. The number of ether oxygens (including phenoxy) is 1. The molecule has 0 radical (unpaired) electrons. The van der Waals surface area contributed by atoms with E-state index in [0.717, 1.165) is 28.1 Å². The average Bonchev–Trinajstić information content (AvgIpc) is 3.24. The second kappa shape index (κ2) is 9.46. The molecule has 0 spiro atoms. The average molecular weight is 467 g/mol. The summed E-state index contributed by atoms with van der Waals surface area (Å²) in [7, 11) is 1.59. The molecule has 5 rings (SSSR count). The predicted octanol–water partition coefficient (Wildman–Crippen LogP) is 5.00. The van der Waals surface area contributed by atoms with Gasteiger partial charge in [0, 0.05) is 23.2 Å². The number of anilines is 2. The predicted molar refractivity (Wildman–Crippen MR) is 136 cm³/mol. The fourth-order valence-electron chi connectivity index (χ4n) is 4.31. The second-order valence-electron chi connectivity index (χ2n) is 8.66. The van der Waals surface area contributed by atoms with E-state index < -0.39 is 5.92 Å². The maximum absolute atomic E-state index is 13.1. The van der Waals surface area contributed by atoms with Gasteiger partial charge in [-0.1, -0.05) is 48.0 Å². The lowest BCUT2D eigenvalue weighted by Crippen LogP contribution is -2.33. The molecule has 0 fully saturated rings. The zero-order valence-electron chi connectivity index (χ0n) is 19.6. The quantitative estimate of drug-likeness (QED) is 0.419. The van der Waals surface area contributed by atoms with Crippen LogP contribution in [0.4, 0.5) is 11.5 Å². The highest BCUT2D eigenvalue weighted by Gasteiger charge is 2.34. The van der Waals surface area contributed by atoms with Gasteiger partial charge in [-0.15, -0.1) is 0 Å². The van der Waals surface area contributed by atoms with E-state index in [9.17, 15) is 9.59 Å². The number of amides is 2. The molecule has 0 saturated heterocycles. The molecule has 2 amide bonds. The molecule has 1 aliphatic heterocycles. The SMILES string of the molecule is COc1ccc(NC(=O)CC2Cc3c(-c4ccccc4)nn(-c4ccc(C)cc4)c3NC2=O)cc1. The van der Waals surface area contributed by atoms with Gasteiger partial charge in [0.2, 0.25) is 11.8 Å². The van der Waals surface area contributed by atoms with Gasteiger partial charge in [-0.25, -0.2) is 4.68 Å². The van der Waals surface area contributed by atoms with Crippen LogP contribution in [0.15, 0.2) is 78.9 Å². The Labute approximate surface area is 203 Å². The molecule has 2 N–H and O–H groups in total. The van der Waals surface area contributed by atoms with Crippen LogP contribution in [0.25, 0.3) is 16.9 Å². The number of carbonyl (C=O) groups excluding carboxylic acids is 2. The lowest BCUT2D eigenvalue weighted by Gasteiger charge is -2.23. The first-order valence-electron chi connectivity index (χ1n) is 11.5. The van der Waals surface area contributed by atoms with Gasteiger partial charge in [0.15, 0.2) is 0 Å². The van der Waals surface area contributed by atoms with Crippen molar-refractivity contribution in [1.82, 2.24) is 9.78 Å². The van der Waals surface area contributed by atoms with E-state index in [-0.39, 0.29) is 18.2 Å². The third kappa shape index (κ3) is 4.66. The van der Waals surface area contributed by atoms with E-state index >= 15 is 0 Å². The molecule has 4 aromatic rings. The molecular formula is C28H26N4O3. The minimum atomic E-state index is -0.501. The van der Waals surface area contributed by atoms with Gasteiger partial charge < -0.3 is 15.4 Å². The third-order valence-corrected chi connectivity index (χ3v) is 6.18. The number of hydrogen-bond acceptors (Lipinski definition) is 4. The van der Waals surface area contributed by atoms with Crippen molar-refractivity contribution in [1.29, 1.82) is 0 Å². The Kier molecular flexibility index (Phi) is 6.06. The molecule has 7 heteroatoms. The molecule has 35 heavy (non-hydrogen) atoms. The number of nitrogens with one attached hydrogen (secondary N) is 2.